The fourth-order valence-electron chi connectivity index (χ4n) is 1.97. The third-order valence-corrected chi connectivity index (χ3v) is 2.66. The minimum atomic E-state index is -0.0886. The predicted molar refractivity (Wildman–Crippen MR) is 78.9 cm³/mol. The standard InChI is InChI=1S/C12H12BF.C2H6.CH4O/c1-3-10-11(14)5-4-9-7-13-6-8(2)12(9)10;2*1-2/h4-7H,3H2,1-2H3;1-2H3;2H,1H3. The summed E-state index contributed by atoms with van der Waals surface area (Å²) in [6, 6.07) is 3.40. The first kappa shape index (κ1) is 16.8. The maximum atomic E-state index is 13.5. The van der Waals surface area contributed by atoms with E-state index in [1.807, 2.05) is 52.6 Å². The van der Waals surface area contributed by atoms with E-state index in [0.717, 1.165) is 35.4 Å². The summed E-state index contributed by atoms with van der Waals surface area (Å²) >= 11 is 0. The van der Waals surface area contributed by atoms with Gasteiger partial charge in [0.15, 0.2) is 0 Å². The van der Waals surface area contributed by atoms with Crippen molar-refractivity contribution in [2.45, 2.75) is 34.1 Å². The van der Waals surface area contributed by atoms with Crippen LogP contribution in [0.4, 0.5) is 4.39 Å². The Hall–Kier alpha value is -1.22. The fourth-order valence-corrected chi connectivity index (χ4v) is 1.97. The Kier molecular flexibility index (Phi) is 8.22. The van der Waals surface area contributed by atoms with Crippen LogP contribution < -0.4 is 0 Å². The molecule has 0 fully saturated rings. The first-order valence-electron chi connectivity index (χ1n) is 6.35. The Balaban J connectivity index is 0.000000659. The number of hydrogen-bond acceptors (Lipinski definition) is 1. The zero-order valence-electron chi connectivity index (χ0n) is 11.9. The van der Waals surface area contributed by atoms with E-state index in [1.165, 1.54) is 0 Å². The second-order valence-electron chi connectivity index (χ2n) is 3.55. The maximum Gasteiger partial charge on any atom is 0.0319 e. The molecule has 0 amide bonds. The second kappa shape index (κ2) is 8.81. The maximum absolute atomic E-state index is 13.5. The summed E-state index contributed by atoms with van der Waals surface area (Å²) in [5.74, 6) is 3.97. The number of fused-ring (bicyclic) bond motifs is 1. The molecule has 0 saturated carbocycles. The zero-order chi connectivity index (χ0) is 14.1. The van der Waals surface area contributed by atoms with Gasteiger partial charge < -0.3 is 5.11 Å². The Bertz CT molecular complexity index is 483. The van der Waals surface area contributed by atoms with Crippen molar-refractivity contribution in [3.05, 3.63) is 41.0 Å². The number of aliphatic hydroxyl groups is 1. The van der Waals surface area contributed by atoms with E-state index >= 15 is 0 Å². The molecule has 98 valence electrons. The summed E-state index contributed by atoms with van der Waals surface area (Å²) in [4.78, 5) is 0. The molecular formula is C15H22BFO. The molecule has 0 spiro atoms. The number of aliphatic hydroxyl groups excluding tert-OH is 1. The van der Waals surface area contributed by atoms with Crippen molar-refractivity contribution in [3.63, 3.8) is 0 Å². The Morgan fingerprint density at radius 1 is 1.17 bits per heavy atom. The van der Waals surface area contributed by atoms with Crippen LogP contribution in [-0.4, -0.2) is 19.1 Å². The third-order valence-electron chi connectivity index (χ3n) is 2.66. The van der Waals surface area contributed by atoms with E-state index in [1.54, 1.807) is 6.07 Å². The number of rotatable bonds is 1. The molecule has 0 unspecified atom stereocenters. The molecule has 0 atom stereocenters. The number of benzene rings is 1. The van der Waals surface area contributed by atoms with Crippen LogP contribution in [0.15, 0.2) is 24.1 Å². The van der Waals surface area contributed by atoms with Gasteiger partial charge in [0.25, 0.3) is 0 Å². The molecule has 18 heavy (non-hydrogen) atoms. The molecule has 0 saturated heterocycles. The SMILES string of the molecule is CC.CCc1c(F)ccc2cbcc(C)c12.CO. The average molecular weight is 248 g/mol. The molecule has 2 rings (SSSR count). The molecule has 1 aromatic heterocycles. The van der Waals surface area contributed by atoms with Crippen LogP contribution in [0.1, 0.15) is 31.9 Å². The van der Waals surface area contributed by atoms with Crippen molar-refractivity contribution in [1.29, 1.82) is 0 Å². The molecule has 0 aliphatic carbocycles. The quantitative estimate of drug-likeness (QED) is 0.813. The average Bonchev–Trinajstić information content (AvgIpc) is 2.44. The third kappa shape index (κ3) is 3.64. The molecule has 0 aliphatic rings. The van der Waals surface area contributed by atoms with Gasteiger partial charge in [-0.25, -0.2) is 0 Å². The molecule has 1 heterocycles. The van der Waals surface area contributed by atoms with Gasteiger partial charge in [0, 0.05) is 7.11 Å². The van der Waals surface area contributed by atoms with Crippen molar-refractivity contribution in [2.75, 3.05) is 7.11 Å². The predicted octanol–water partition coefficient (Wildman–Crippen LogP) is 3.82. The first-order valence-corrected chi connectivity index (χ1v) is 6.35. The van der Waals surface area contributed by atoms with E-state index in [0.29, 0.717) is 0 Å². The normalized spacial score (nSPS) is 8.83. The summed E-state index contributed by atoms with van der Waals surface area (Å²) in [5.41, 5.74) is 1.99. The minimum Gasteiger partial charge on any atom is -0.400 e. The molecule has 0 bridgehead atoms. The summed E-state index contributed by atoms with van der Waals surface area (Å²) < 4.78 is 13.5. The van der Waals surface area contributed by atoms with E-state index in [-0.39, 0.29) is 5.82 Å². The van der Waals surface area contributed by atoms with Gasteiger partial charge in [-0.05, 0) is 0 Å². The van der Waals surface area contributed by atoms with Gasteiger partial charge in [0.2, 0.25) is 0 Å². The summed E-state index contributed by atoms with van der Waals surface area (Å²) in [6.07, 6.45) is 0.744. The Morgan fingerprint density at radius 3 is 2.33 bits per heavy atom. The van der Waals surface area contributed by atoms with E-state index in [2.05, 4.69) is 0 Å². The van der Waals surface area contributed by atoms with Gasteiger partial charge in [0.1, 0.15) is 0 Å². The Labute approximate surface area is 110 Å². The van der Waals surface area contributed by atoms with Gasteiger partial charge in [-0.15, -0.1) is 0 Å². The van der Waals surface area contributed by atoms with Crippen LogP contribution in [0.5, 0.6) is 0 Å². The number of hydrogen-bond donors (Lipinski definition) is 1. The zero-order valence-corrected chi connectivity index (χ0v) is 11.9. The Morgan fingerprint density at radius 2 is 1.78 bits per heavy atom. The van der Waals surface area contributed by atoms with Crippen LogP contribution in [0, 0.1) is 12.7 Å². The number of aryl methyl sites for hydroxylation is 2. The summed E-state index contributed by atoms with van der Waals surface area (Å²) in [5, 5.41) is 9.21. The molecule has 0 aliphatic heterocycles. The van der Waals surface area contributed by atoms with Crippen molar-refractivity contribution >= 4 is 17.7 Å². The second-order valence-corrected chi connectivity index (χ2v) is 3.55. The van der Waals surface area contributed by atoms with Crippen molar-refractivity contribution < 1.29 is 9.50 Å². The van der Waals surface area contributed by atoms with E-state index in [9.17, 15) is 4.39 Å². The molecule has 0 radical (unpaired) electrons. The summed E-state index contributed by atoms with van der Waals surface area (Å²) in [6.45, 7) is 10.0. The first-order chi connectivity index (χ1) is 8.74. The monoisotopic (exact) mass is 248 g/mol. The smallest absolute Gasteiger partial charge is 0.0319 e. The summed E-state index contributed by atoms with van der Waals surface area (Å²) in [7, 11) is 1.00. The van der Waals surface area contributed by atoms with Gasteiger partial charge in [0.05, 0.1) is 0 Å². The minimum absolute atomic E-state index is 0.0886. The fraction of sp³-hybridized carbons (Fsp3) is 0.400. The van der Waals surface area contributed by atoms with E-state index in [4.69, 9.17) is 5.11 Å². The molecular weight excluding hydrogens is 226 g/mol. The molecule has 1 aromatic carbocycles. The van der Waals surface area contributed by atoms with Crippen molar-refractivity contribution in [3.8, 4) is 0 Å². The van der Waals surface area contributed by atoms with Gasteiger partial charge >= 0.3 is 83.3 Å². The van der Waals surface area contributed by atoms with Crippen molar-refractivity contribution in [1.82, 2.24) is 0 Å². The van der Waals surface area contributed by atoms with Crippen molar-refractivity contribution in [2.24, 2.45) is 0 Å². The largest absolute Gasteiger partial charge is 0.400 e. The topological polar surface area (TPSA) is 20.2 Å². The van der Waals surface area contributed by atoms with Crippen LogP contribution in [-0.2, 0) is 6.42 Å². The molecule has 3 heteroatoms. The van der Waals surface area contributed by atoms with Crippen LogP contribution >= 0.6 is 0 Å². The van der Waals surface area contributed by atoms with Crippen LogP contribution in [0.2, 0.25) is 0 Å². The van der Waals surface area contributed by atoms with E-state index < -0.39 is 0 Å². The molecule has 1 nitrogen and oxygen atoms in total. The van der Waals surface area contributed by atoms with Crippen LogP contribution in [0.3, 0.4) is 0 Å². The van der Waals surface area contributed by atoms with Gasteiger partial charge in [-0.2, -0.15) is 0 Å². The van der Waals surface area contributed by atoms with Crippen LogP contribution in [0.25, 0.3) is 10.8 Å². The van der Waals surface area contributed by atoms with Gasteiger partial charge in [-0.1, -0.05) is 13.8 Å². The molecule has 1 N–H and O–H groups in total. The molecule has 2 aromatic rings. The van der Waals surface area contributed by atoms with Gasteiger partial charge in [-0.3, -0.25) is 0 Å². The number of halogens is 1.